The van der Waals surface area contributed by atoms with Crippen molar-refractivity contribution in [3.05, 3.63) is 24.2 Å². The summed E-state index contributed by atoms with van der Waals surface area (Å²) in [6.45, 7) is 2.30. The van der Waals surface area contributed by atoms with Gasteiger partial charge in [-0.05, 0) is 31.9 Å². The summed E-state index contributed by atoms with van der Waals surface area (Å²) in [6, 6.07) is 2.96. The zero-order valence-electron chi connectivity index (χ0n) is 12.4. The van der Waals surface area contributed by atoms with Crippen LogP contribution in [0, 0.1) is 0 Å². The minimum Gasteiger partial charge on any atom is -0.469 e. The Hall–Kier alpha value is -1.34. The molecular weight excluding hydrogens is 292 g/mol. The monoisotopic (exact) mass is 314 g/mol. The lowest BCUT2D eigenvalue weighted by Gasteiger charge is -2.33. The highest BCUT2D eigenvalue weighted by Gasteiger charge is 2.34. The molecule has 2 heterocycles. The van der Waals surface area contributed by atoms with Crippen LogP contribution in [0.3, 0.4) is 0 Å². The maximum Gasteiger partial charge on any atom is 0.238 e. The summed E-state index contributed by atoms with van der Waals surface area (Å²) < 4.78 is 30.1. The highest BCUT2D eigenvalue weighted by atomic mass is 32.2. The van der Waals surface area contributed by atoms with Crippen LogP contribution in [0.5, 0.6) is 0 Å². The minimum absolute atomic E-state index is 0.105. The third-order valence-corrected chi connectivity index (χ3v) is 4.95. The predicted molar refractivity (Wildman–Crippen MR) is 79.2 cm³/mol. The molecule has 2 unspecified atom stereocenters. The largest absolute Gasteiger partial charge is 0.469 e. The van der Waals surface area contributed by atoms with Gasteiger partial charge in [-0.2, -0.15) is 4.31 Å². The lowest BCUT2D eigenvalue weighted by atomic mass is 10.0. The number of carbonyl (C=O) groups excluding carboxylic acids is 1. The van der Waals surface area contributed by atoms with Gasteiger partial charge in [-0.3, -0.25) is 4.79 Å². The van der Waals surface area contributed by atoms with E-state index >= 15 is 0 Å². The molecule has 1 aromatic heterocycles. The third-order valence-electron chi connectivity index (χ3n) is 3.66. The number of carbonyl (C=O) groups is 1. The van der Waals surface area contributed by atoms with Crippen LogP contribution in [0.4, 0.5) is 0 Å². The van der Waals surface area contributed by atoms with Gasteiger partial charge in [0.1, 0.15) is 11.8 Å². The molecule has 0 bridgehead atoms. The molecule has 1 aromatic rings. The van der Waals surface area contributed by atoms with Crippen molar-refractivity contribution in [3.63, 3.8) is 0 Å². The lowest BCUT2D eigenvalue weighted by Crippen LogP contribution is -2.53. The van der Waals surface area contributed by atoms with E-state index in [1.165, 1.54) is 4.31 Å². The zero-order valence-corrected chi connectivity index (χ0v) is 13.2. The van der Waals surface area contributed by atoms with Crippen molar-refractivity contribution in [1.82, 2.24) is 9.62 Å². The molecular formula is C14H22N2O4S. The van der Waals surface area contributed by atoms with Crippen molar-refractivity contribution in [2.24, 2.45) is 0 Å². The molecule has 21 heavy (non-hydrogen) atoms. The second kappa shape index (κ2) is 6.62. The van der Waals surface area contributed by atoms with Crippen LogP contribution in [0.1, 0.15) is 31.9 Å². The number of amides is 1. The van der Waals surface area contributed by atoms with Crippen molar-refractivity contribution in [2.45, 2.75) is 44.7 Å². The van der Waals surface area contributed by atoms with Gasteiger partial charge in [-0.25, -0.2) is 8.42 Å². The van der Waals surface area contributed by atoms with Crippen LogP contribution in [-0.4, -0.2) is 43.5 Å². The summed E-state index contributed by atoms with van der Waals surface area (Å²) >= 11 is 0. The molecule has 2 rings (SSSR count). The standard InChI is InChI=1S/C14H22N2O4S/c1-11(10-12-6-5-9-20-12)15-14(17)13-7-3-4-8-16(13)21(2,18)19/h5-6,9,11,13H,3-4,7-8,10H2,1-2H3,(H,15,17). The molecule has 0 aromatic carbocycles. The Bertz CT molecular complexity index is 568. The molecule has 1 N–H and O–H groups in total. The number of nitrogens with one attached hydrogen (secondary N) is 1. The first-order valence-corrected chi connectivity index (χ1v) is 9.02. The van der Waals surface area contributed by atoms with Gasteiger partial charge in [0.25, 0.3) is 0 Å². The van der Waals surface area contributed by atoms with Crippen molar-refractivity contribution >= 4 is 15.9 Å². The number of piperidine rings is 1. The summed E-state index contributed by atoms with van der Waals surface area (Å²) in [5, 5.41) is 2.88. The second-order valence-corrected chi connectivity index (χ2v) is 7.51. The number of hydrogen-bond acceptors (Lipinski definition) is 4. The van der Waals surface area contributed by atoms with Gasteiger partial charge in [-0.15, -0.1) is 0 Å². The average molecular weight is 314 g/mol. The summed E-state index contributed by atoms with van der Waals surface area (Å²) in [5.41, 5.74) is 0. The van der Waals surface area contributed by atoms with Gasteiger partial charge in [-0.1, -0.05) is 6.42 Å². The molecule has 7 heteroatoms. The quantitative estimate of drug-likeness (QED) is 0.884. The van der Waals surface area contributed by atoms with Gasteiger partial charge in [0.2, 0.25) is 15.9 Å². The summed E-state index contributed by atoms with van der Waals surface area (Å²) in [4.78, 5) is 12.3. The summed E-state index contributed by atoms with van der Waals surface area (Å²) in [6.07, 6.45) is 5.59. The molecule has 0 radical (unpaired) electrons. The first-order valence-electron chi connectivity index (χ1n) is 7.17. The fourth-order valence-electron chi connectivity index (χ4n) is 2.68. The molecule has 6 nitrogen and oxygen atoms in total. The Labute approximate surface area is 125 Å². The van der Waals surface area contributed by atoms with Gasteiger partial charge >= 0.3 is 0 Å². The SMILES string of the molecule is CC(Cc1ccco1)NC(=O)C1CCCCN1S(C)(=O)=O. The zero-order chi connectivity index (χ0) is 15.5. The smallest absolute Gasteiger partial charge is 0.238 e. The third kappa shape index (κ3) is 4.31. The average Bonchev–Trinajstić information content (AvgIpc) is 2.90. The van der Waals surface area contributed by atoms with Gasteiger partial charge in [0, 0.05) is 19.0 Å². The van der Waals surface area contributed by atoms with Crippen LogP contribution >= 0.6 is 0 Å². The van der Waals surface area contributed by atoms with Gasteiger partial charge in [0.15, 0.2) is 0 Å². The first kappa shape index (κ1) is 16.0. The highest BCUT2D eigenvalue weighted by molar-refractivity contribution is 7.88. The summed E-state index contributed by atoms with van der Waals surface area (Å²) in [5.74, 6) is 0.575. The number of sulfonamides is 1. The van der Waals surface area contributed by atoms with E-state index in [0.29, 0.717) is 19.4 Å². The molecule has 1 saturated heterocycles. The number of furan rings is 1. The Kier molecular flexibility index (Phi) is 5.05. The maximum absolute atomic E-state index is 12.3. The van der Waals surface area contributed by atoms with Gasteiger partial charge < -0.3 is 9.73 Å². The van der Waals surface area contributed by atoms with E-state index in [2.05, 4.69) is 5.32 Å². The van der Waals surface area contributed by atoms with E-state index in [9.17, 15) is 13.2 Å². The Morgan fingerprint density at radius 3 is 2.90 bits per heavy atom. The van der Waals surface area contributed by atoms with Crippen molar-refractivity contribution in [3.8, 4) is 0 Å². The van der Waals surface area contributed by atoms with Crippen LogP contribution in [0.25, 0.3) is 0 Å². The Morgan fingerprint density at radius 2 is 2.29 bits per heavy atom. The van der Waals surface area contributed by atoms with Crippen molar-refractivity contribution < 1.29 is 17.6 Å². The number of nitrogens with zero attached hydrogens (tertiary/aromatic N) is 1. The maximum atomic E-state index is 12.3. The molecule has 0 saturated carbocycles. The molecule has 118 valence electrons. The van der Waals surface area contributed by atoms with Crippen LogP contribution < -0.4 is 5.32 Å². The second-order valence-electron chi connectivity index (χ2n) is 5.58. The van der Waals surface area contributed by atoms with E-state index in [1.807, 2.05) is 13.0 Å². The van der Waals surface area contributed by atoms with E-state index < -0.39 is 16.1 Å². The summed E-state index contributed by atoms with van der Waals surface area (Å²) in [7, 11) is -3.35. The highest BCUT2D eigenvalue weighted by Crippen LogP contribution is 2.20. The number of hydrogen-bond donors (Lipinski definition) is 1. The normalized spacial score (nSPS) is 21.9. The van der Waals surface area contributed by atoms with E-state index in [0.717, 1.165) is 24.9 Å². The van der Waals surface area contributed by atoms with Gasteiger partial charge in [0.05, 0.1) is 12.5 Å². The minimum atomic E-state index is -3.35. The molecule has 1 fully saturated rings. The Morgan fingerprint density at radius 1 is 1.52 bits per heavy atom. The van der Waals surface area contributed by atoms with Crippen molar-refractivity contribution in [1.29, 1.82) is 0 Å². The van der Waals surface area contributed by atoms with E-state index in [4.69, 9.17) is 4.42 Å². The van der Waals surface area contributed by atoms with Crippen LogP contribution in [-0.2, 0) is 21.2 Å². The molecule has 1 aliphatic heterocycles. The number of rotatable bonds is 5. The fraction of sp³-hybridized carbons (Fsp3) is 0.643. The molecule has 1 amide bonds. The first-order chi connectivity index (χ1) is 9.88. The lowest BCUT2D eigenvalue weighted by molar-refractivity contribution is -0.126. The van der Waals surface area contributed by atoms with Crippen molar-refractivity contribution in [2.75, 3.05) is 12.8 Å². The molecule has 1 aliphatic rings. The topological polar surface area (TPSA) is 79.6 Å². The fourth-order valence-corrected chi connectivity index (χ4v) is 3.81. The van der Waals surface area contributed by atoms with Crippen LogP contribution in [0.2, 0.25) is 0 Å². The molecule has 0 spiro atoms. The Balaban J connectivity index is 1.97. The molecule has 2 atom stereocenters. The van der Waals surface area contributed by atoms with E-state index in [-0.39, 0.29) is 11.9 Å². The predicted octanol–water partition coefficient (Wildman–Crippen LogP) is 1.14. The van der Waals surface area contributed by atoms with Crippen LogP contribution in [0.15, 0.2) is 22.8 Å². The van der Waals surface area contributed by atoms with E-state index in [1.54, 1.807) is 12.3 Å². The molecule has 0 aliphatic carbocycles.